The van der Waals surface area contributed by atoms with Crippen molar-refractivity contribution in [2.24, 2.45) is 0 Å². The minimum atomic E-state index is -0.297. The second kappa shape index (κ2) is 2.83. The molecule has 1 aliphatic rings. The van der Waals surface area contributed by atoms with Crippen molar-refractivity contribution in [1.82, 2.24) is 4.98 Å². The van der Waals surface area contributed by atoms with Crippen LogP contribution in [0.25, 0.3) is 0 Å². The molecule has 0 bridgehead atoms. The third kappa shape index (κ3) is 1.30. The van der Waals surface area contributed by atoms with Crippen LogP contribution in [0, 0.1) is 0 Å². The van der Waals surface area contributed by atoms with Gasteiger partial charge in [-0.15, -0.1) is 0 Å². The number of methoxy groups -OCH3 is 1. The molecule has 0 aromatic carbocycles. The summed E-state index contributed by atoms with van der Waals surface area (Å²) in [6.45, 7) is 0. The molecule has 68 valence electrons. The predicted molar refractivity (Wildman–Crippen MR) is 47.8 cm³/mol. The van der Waals surface area contributed by atoms with Crippen LogP contribution in [0.1, 0.15) is 18.5 Å². The van der Waals surface area contributed by atoms with Gasteiger partial charge in [-0.25, -0.2) is 4.98 Å². The van der Waals surface area contributed by atoms with E-state index in [4.69, 9.17) is 4.74 Å². The summed E-state index contributed by atoms with van der Waals surface area (Å²) in [5.41, 5.74) is 0.538. The average molecular weight is 177 g/mol. The highest BCUT2D eigenvalue weighted by Gasteiger charge is 2.45. The second-order valence-corrected chi connectivity index (χ2v) is 3.34. The monoisotopic (exact) mass is 177 g/mol. The molecule has 0 atom stereocenters. The second-order valence-electron chi connectivity index (χ2n) is 3.34. The molecule has 1 aliphatic carbocycles. The molecule has 0 radical (unpaired) electrons. The molecule has 0 unspecified atom stereocenters. The topological polar surface area (TPSA) is 39.2 Å². The van der Waals surface area contributed by atoms with E-state index in [0.29, 0.717) is 5.88 Å². The van der Waals surface area contributed by atoms with Gasteiger partial charge in [-0.2, -0.15) is 0 Å². The van der Waals surface area contributed by atoms with Crippen molar-refractivity contribution < 1.29 is 9.53 Å². The Labute approximate surface area is 76.7 Å². The summed E-state index contributed by atoms with van der Waals surface area (Å²) in [6.07, 6.45) is 2.82. The number of ether oxygens (including phenoxy) is 1. The first-order valence-electron chi connectivity index (χ1n) is 4.29. The van der Waals surface area contributed by atoms with Crippen molar-refractivity contribution in [2.45, 2.75) is 18.3 Å². The van der Waals surface area contributed by atoms with E-state index in [2.05, 4.69) is 4.98 Å². The molecule has 1 saturated carbocycles. The fraction of sp³-hybridized carbons (Fsp3) is 0.400. The van der Waals surface area contributed by atoms with Gasteiger partial charge in [0.25, 0.3) is 0 Å². The molecule has 2 rings (SSSR count). The summed E-state index contributed by atoms with van der Waals surface area (Å²) in [7, 11) is 1.58. The normalized spacial score (nSPS) is 17.9. The van der Waals surface area contributed by atoms with E-state index in [1.807, 2.05) is 12.1 Å². The van der Waals surface area contributed by atoms with Gasteiger partial charge in [0.15, 0.2) is 0 Å². The smallest absolute Gasteiger partial charge is 0.213 e. The van der Waals surface area contributed by atoms with Crippen LogP contribution in [0.4, 0.5) is 0 Å². The van der Waals surface area contributed by atoms with Gasteiger partial charge in [0.05, 0.1) is 18.2 Å². The number of hydrogen-bond acceptors (Lipinski definition) is 3. The number of aldehydes is 1. The number of carbonyl (C=O) groups is 1. The first-order valence-corrected chi connectivity index (χ1v) is 4.29. The molecule has 0 saturated heterocycles. The van der Waals surface area contributed by atoms with Crippen LogP contribution in [-0.2, 0) is 10.2 Å². The van der Waals surface area contributed by atoms with Gasteiger partial charge >= 0.3 is 0 Å². The molecule has 1 fully saturated rings. The zero-order chi connectivity index (χ0) is 9.31. The lowest BCUT2D eigenvalue weighted by Gasteiger charge is -2.07. The van der Waals surface area contributed by atoms with Crippen molar-refractivity contribution in [3.05, 3.63) is 23.9 Å². The van der Waals surface area contributed by atoms with E-state index >= 15 is 0 Å². The molecule has 1 aromatic rings. The standard InChI is InChI=1S/C10H11NO2/c1-13-9-4-2-3-8(11-9)10(7-12)5-6-10/h2-4,7H,5-6H2,1H3. The molecule has 1 aromatic heterocycles. The van der Waals surface area contributed by atoms with Crippen LogP contribution >= 0.6 is 0 Å². The largest absolute Gasteiger partial charge is 0.481 e. The highest BCUT2D eigenvalue weighted by Crippen LogP contribution is 2.45. The zero-order valence-electron chi connectivity index (χ0n) is 7.49. The molecule has 1 heterocycles. The van der Waals surface area contributed by atoms with E-state index in [-0.39, 0.29) is 5.41 Å². The van der Waals surface area contributed by atoms with Crippen LogP contribution in [0.3, 0.4) is 0 Å². The molecule has 0 amide bonds. The zero-order valence-corrected chi connectivity index (χ0v) is 7.49. The number of nitrogens with zero attached hydrogens (tertiary/aromatic N) is 1. The summed E-state index contributed by atoms with van der Waals surface area (Å²) >= 11 is 0. The Hall–Kier alpha value is -1.38. The molecule has 0 spiro atoms. The first-order chi connectivity index (χ1) is 6.30. The summed E-state index contributed by atoms with van der Waals surface area (Å²) in [6, 6.07) is 5.53. The molecule has 3 nitrogen and oxygen atoms in total. The Morgan fingerprint density at radius 2 is 2.31 bits per heavy atom. The summed E-state index contributed by atoms with van der Waals surface area (Å²) in [5, 5.41) is 0. The maximum atomic E-state index is 10.8. The van der Waals surface area contributed by atoms with Gasteiger partial charge in [0.1, 0.15) is 6.29 Å². The van der Waals surface area contributed by atoms with Crippen molar-refractivity contribution in [2.75, 3.05) is 7.11 Å². The molecular formula is C10H11NO2. The van der Waals surface area contributed by atoms with Gasteiger partial charge in [-0.05, 0) is 18.9 Å². The predicted octanol–water partition coefficient (Wildman–Crippen LogP) is 1.32. The Morgan fingerprint density at radius 1 is 1.54 bits per heavy atom. The van der Waals surface area contributed by atoms with E-state index in [1.54, 1.807) is 13.2 Å². The van der Waals surface area contributed by atoms with Gasteiger partial charge in [0, 0.05) is 6.07 Å². The number of hydrogen-bond donors (Lipinski definition) is 0. The van der Waals surface area contributed by atoms with Crippen LogP contribution in [-0.4, -0.2) is 18.4 Å². The fourth-order valence-electron chi connectivity index (χ4n) is 1.37. The van der Waals surface area contributed by atoms with Gasteiger partial charge < -0.3 is 9.53 Å². The Balaban J connectivity index is 2.35. The van der Waals surface area contributed by atoms with Crippen LogP contribution < -0.4 is 4.74 Å². The molecule has 13 heavy (non-hydrogen) atoms. The van der Waals surface area contributed by atoms with Gasteiger partial charge in [0.2, 0.25) is 5.88 Å². The van der Waals surface area contributed by atoms with Crippen molar-refractivity contribution in [3.8, 4) is 5.88 Å². The highest BCUT2D eigenvalue weighted by atomic mass is 16.5. The van der Waals surface area contributed by atoms with Crippen molar-refractivity contribution in [3.63, 3.8) is 0 Å². The van der Waals surface area contributed by atoms with E-state index in [0.717, 1.165) is 24.8 Å². The maximum Gasteiger partial charge on any atom is 0.213 e. The van der Waals surface area contributed by atoms with Crippen LogP contribution in [0.15, 0.2) is 18.2 Å². The number of carbonyl (C=O) groups excluding carboxylic acids is 1. The fourth-order valence-corrected chi connectivity index (χ4v) is 1.37. The van der Waals surface area contributed by atoms with Crippen LogP contribution in [0.5, 0.6) is 5.88 Å². The van der Waals surface area contributed by atoms with E-state index < -0.39 is 0 Å². The third-order valence-corrected chi connectivity index (χ3v) is 2.46. The van der Waals surface area contributed by atoms with Crippen LogP contribution in [0.2, 0.25) is 0 Å². The Morgan fingerprint density at radius 3 is 2.85 bits per heavy atom. The minimum Gasteiger partial charge on any atom is -0.481 e. The van der Waals surface area contributed by atoms with Crippen molar-refractivity contribution >= 4 is 6.29 Å². The number of rotatable bonds is 3. The summed E-state index contributed by atoms with van der Waals surface area (Å²) in [5.74, 6) is 0.575. The molecule has 3 heteroatoms. The molecule has 0 N–H and O–H groups in total. The summed E-state index contributed by atoms with van der Waals surface area (Å²) in [4.78, 5) is 15.1. The quantitative estimate of drug-likeness (QED) is 0.653. The van der Waals surface area contributed by atoms with Gasteiger partial charge in [-0.1, -0.05) is 6.07 Å². The lowest BCUT2D eigenvalue weighted by atomic mass is 10.0. The van der Waals surface area contributed by atoms with E-state index in [1.165, 1.54) is 0 Å². The van der Waals surface area contributed by atoms with E-state index in [9.17, 15) is 4.79 Å². The SMILES string of the molecule is COc1cccc(C2(C=O)CC2)n1. The lowest BCUT2D eigenvalue weighted by molar-refractivity contribution is -0.109. The highest BCUT2D eigenvalue weighted by molar-refractivity contribution is 5.72. The average Bonchev–Trinajstić information content (AvgIpc) is 2.99. The third-order valence-electron chi connectivity index (χ3n) is 2.46. The maximum absolute atomic E-state index is 10.8. The number of aromatic nitrogens is 1. The first kappa shape index (κ1) is 8.23. The molecular weight excluding hydrogens is 166 g/mol. The number of pyridine rings is 1. The minimum absolute atomic E-state index is 0.297. The van der Waals surface area contributed by atoms with Crippen molar-refractivity contribution in [1.29, 1.82) is 0 Å². The molecule has 0 aliphatic heterocycles. The Kier molecular flexibility index (Phi) is 1.79. The summed E-state index contributed by atoms with van der Waals surface area (Å²) < 4.78 is 5.00. The Bertz CT molecular complexity index is 331. The lowest BCUT2D eigenvalue weighted by Crippen LogP contribution is -2.10. The van der Waals surface area contributed by atoms with Gasteiger partial charge in [-0.3, -0.25) is 0 Å².